The maximum absolute atomic E-state index is 13.6. The maximum Gasteiger partial charge on any atom is 0.410 e. The number of pyridine rings is 2. The average molecular weight is 819 g/mol. The summed E-state index contributed by atoms with van der Waals surface area (Å²) in [5, 5.41) is 10.3. The zero-order chi connectivity index (χ0) is 41.0. The number of rotatable bonds is 11. The maximum atomic E-state index is 13.6. The van der Waals surface area contributed by atoms with Gasteiger partial charge in [0.2, 0.25) is 11.8 Å². The van der Waals surface area contributed by atoms with Crippen LogP contribution in [-0.2, 0) is 27.4 Å². The van der Waals surface area contributed by atoms with E-state index in [-0.39, 0.29) is 24.4 Å². The fourth-order valence-electron chi connectivity index (χ4n) is 7.49. The Balaban J connectivity index is 1.26. The number of ether oxygens (including phenoxy) is 3. The van der Waals surface area contributed by atoms with Gasteiger partial charge in [-0.1, -0.05) is 53.5 Å². The highest BCUT2D eigenvalue weighted by Crippen LogP contribution is 2.42. The van der Waals surface area contributed by atoms with Crippen LogP contribution in [0.2, 0.25) is 10.0 Å². The van der Waals surface area contributed by atoms with Gasteiger partial charge in [-0.15, -0.1) is 0 Å². The Morgan fingerprint density at radius 3 is 2.25 bits per heavy atom. The molecule has 2 aromatic carbocycles. The van der Waals surface area contributed by atoms with E-state index in [1.807, 2.05) is 75.4 Å². The number of halogens is 2. The van der Waals surface area contributed by atoms with E-state index in [4.69, 9.17) is 42.4 Å². The van der Waals surface area contributed by atoms with Crippen molar-refractivity contribution in [3.8, 4) is 45.3 Å². The number of carbonyl (C=O) groups excluding carboxylic acids is 2. The number of piperidine rings is 1. The van der Waals surface area contributed by atoms with E-state index in [1.54, 1.807) is 30.0 Å². The van der Waals surface area contributed by atoms with Crippen LogP contribution in [0.3, 0.4) is 0 Å². The van der Waals surface area contributed by atoms with Gasteiger partial charge in [0.1, 0.15) is 11.4 Å². The number of hydrogen-bond acceptors (Lipinski definition) is 9. The van der Waals surface area contributed by atoms with Crippen molar-refractivity contribution in [2.75, 3.05) is 40.4 Å². The van der Waals surface area contributed by atoms with Crippen molar-refractivity contribution in [1.29, 1.82) is 0 Å². The number of likely N-dealkylation sites (tertiary alicyclic amines) is 2. The van der Waals surface area contributed by atoms with Gasteiger partial charge in [0.15, 0.2) is 0 Å². The highest BCUT2D eigenvalue weighted by molar-refractivity contribution is 6.39. The third kappa shape index (κ3) is 9.63. The standard InChI is InChI=1S/C43H49Cl2N5O7/c1-26(51)49-20-16-31(17-21-49)50(42(54)57-43(2,3)4)25-29-12-13-35(47-40(29)56-6)34-9-7-8-32(37(34)44)33-14-18-46-39(38(33)45)27-10-11-28(36(22-27)55-5)23-48-19-15-30(24-48)41(52)53/h7-14,18,22,30-31H,15-17,19-21,23-25H2,1-6H3,(H,52,53). The van der Waals surface area contributed by atoms with Crippen LogP contribution in [0.1, 0.15) is 58.1 Å². The fraction of sp³-hybridized carbons (Fsp3) is 0.419. The molecule has 1 unspecified atom stereocenters. The highest BCUT2D eigenvalue weighted by Gasteiger charge is 2.33. The van der Waals surface area contributed by atoms with Crippen molar-refractivity contribution in [1.82, 2.24) is 24.7 Å². The van der Waals surface area contributed by atoms with E-state index in [1.165, 1.54) is 7.11 Å². The second-order valence-electron chi connectivity index (χ2n) is 15.5. The van der Waals surface area contributed by atoms with E-state index < -0.39 is 17.7 Å². The number of methoxy groups -OCH3 is 2. The number of carboxylic acids is 1. The predicted octanol–water partition coefficient (Wildman–Crippen LogP) is 8.46. The van der Waals surface area contributed by atoms with Crippen molar-refractivity contribution >= 4 is 41.2 Å². The average Bonchev–Trinajstić information content (AvgIpc) is 3.66. The minimum absolute atomic E-state index is 0.0210. The number of nitrogens with zero attached hydrogens (tertiary/aromatic N) is 5. The fourth-order valence-corrected chi connectivity index (χ4v) is 8.13. The van der Waals surface area contributed by atoms with Crippen LogP contribution < -0.4 is 9.47 Å². The molecule has 4 heterocycles. The topological polar surface area (TPSA) is 135 Å². The molecule has 0 radical (unpaired) electrons. The lowest BCUT2D eigenvalue weighted by atomic mass is 9.99. The number of benzene rings is 2. The van der Waals surface area contributed by atoms with Crippen molar-refractivity contribution in [3.05, 3.63) is 82.0 Å². The molecular formula is C43H49Cl2N5O7. The first kappa shape index (κ1) is 41.7. The number of hydrogen-bond donors (Lipinski definition) is 1. The zero-order valence-electron chi connectivity index (χ0n) is 33.2. The van der Waals surface area contributed by atoms with Crippen molar-refractivity contribution < 1.29 is 33.7 Å². The molecule has 0 bridgehead atoms. The number of carbonyl (C=O) groups is 3. The van der Waals surface area contributed by atoms with E-state index in [2.05, 4.69) is 9.88 Å². The third-order valence-corrected chi connectivity index (χ3v) is 11.3. The van der Waals surface area contributed by atoms with Crippen LogP contribution in [0, 0.1) is 5.92 Å². The van der Waals surface area contributed by atoms with Gasteiger partial charge in [0.25, 0.3) is 0 Å². The Morgan fingerprint density at radius 2 is 1.60 bits per heavy atom. The van der Waals surface area contributed by atoms with Crippen LogP contribution in [0.4, 0.5) is 4.79 Å². The molecule has 57 heavy (non-hydrogen) atoms. The van der Waals surface area contributed by atoms with Gasteiger partial charge < -0.3 is 29.1 Å². The molecule has 0 spiro atoms. The Bertz CT molecular complexity index is 2130. The Hall–Kier alpha value is -4.91. The lowest BCUT2D eigenvalue weighted by molar-refractivity contribution is -0.141. The van der Waals surface area contributed by atoms with E-state index in [0.29, 0.717) is 107 Å². The summed E-state index contributed by atoms with van der Waals surface area (Å²) >= 11 is 14.3. The van der Waals surface area contributed by atoms with Crippen LogP contribution in [-0.4, -0.2) is 99.8 Å². The molecule has 2 amide bonds. The van der Waals surface area contributed by atoms with E-state index in [9.17, 15) is 19.5 Å². The molecule has 2 saturated heterocycles. The van der Waals surface area contributed by atoms with Gasteiger partial charge in [-0.3, -0.25) is 19.5 Å². The molecular weight excluding hydrogens is 769 g/mol. The molecule has 302 valence electrons. The lowest BCUT2D eigenvalue weighted by Crippen LogP contribution is -2.49. The Labute approximate surface area is 343 Å². The van der Waals surface area contributed by atoms with Crippen LogP contribution in [0.15, 0.2) is 60.8 Å². The first-order valence-electron chi connectivity index (χ1n) is 19.0. The quantitative estimate of drug-likeness (QED) is 0.157. The van der Waals surface area contributed by atoms with Crippen molar-refractivity contribution in [3.63, 3.8) is 0 Å². The van der Waals surface area contributed by atoms with Crippen molar-refractivity contribution in [2.45, 2.75) is 71.7 Å². The molecule has 6 rings (SSSR count). The molecule has 14 heteroatoms. The summed E-state index contributed by atoms with van der Waals surface area (Å²) in [6.07, 6.45) is 3.13. The number of aliphatic carboxylic acids is 1. The molecule has 2 aliphatic rings. The number of carboxylic acid groups (broad SMARTS) is 1. The molecule has 4 aromatic rings. The smallest absolute Gasteiger partial charge is 0.410 e. The summed E-state index contributed by atoms with van der Waals surface area (Å²) < 4.78 is 17.4. The molecule has 0 aliphatic carbocycles. The zero-order valence-corrected chi connectivity index (χ0v) is 34.7. The Morgan fingerprint density at radius 1 is 0.895 bits per heavy atom. The van der Waals surface area contributed by atoms with E-state index >= 15 is 0 Å². The lowest BCUT2D eigenvalue weighted by Gasteiger charge is -2.39. The van der Waals surface area contributed by atoms with Crippen LogP contribution in [0.25, 0.3) is 33.6 Å². The molecule has 2 aliphatic heterocycles. The first-order valence-corrected chi connectivity index (χ1v) is 19.8. The van der Waals surface area contributed by atoms with Crippen molar-refractivity contribution in [2.24, 2.45) is 5.92 Å². The van der Waals surface area contributed by atoms with Gasteiger partial charge in [-0.2, -0.15) is 0 Å². The molecule has 1 N–H and O–H groups in total. The second-order valence-corrected chi connectivity index (χ2v) is 16.2. The largest absolute Gasteiger partial charge is 0.496 e. The van der Waals surface area contributed by atoms with Crippen LogP contribution in [0.5, 0.6) is 11.6 Å². The van der Waals surface area contributed by atoms with Gasteiger partial charge in [-0.05, 0) is 70.8 Å². The minimum atomic E-state index is -0.765. The molecule has 0 saturated carbocycles. The molecule has 2 fully saturated rings. The predicted molar refractivity (Wildman–Crippen MR) is 220 cm³/mol. The normalized spacial score (nSPS) is 16.4. The second kappa shape index (κ2) is 17.7. The summed E-state index contributed by atoms with van der Waals surface area (Å²) in [6, 6.07) is 16.9. The number of amides is 2. The summed E-state index contributed by atoms with van der Waals surface area (Å²) in [5.41, 5.74) is 4.85. The monoisotopic (exact) mass is 817 g/mol. The highest BCUT2D eigenvalue weighted by atomic mass is 35.5. The first-order chi connectivity index (χ1) is 27.2. The van der Waals surface area contributed by atoms with Crippen LogP contribution >= 0.6 is 23.2 Å². The third-order valence-electron chi connectivity index (χ3n) is 10.5. The number of aromatic nitrogens is 2. The summed E-state index contributed by atoms with van der Waals surface area (Å²) in [5.74, 6) is -0.103. The van der Waals surface area contributed by atoms with Gasteiger partial charge in [0.05, 0.1) is 48.1 Å². The molecule has 12 nitrogen and oxygen atoms in total. The van der Waals surface area contributed by atoms with Gasteiger partial charge in [0, 0.05) is 78.7 Å². The minimum Gasteiger partial charge on any atom is -0.496 e. The van der Waals surface area contributed by atoms with Gasteiger partial charge >= 0.3 is 12.1 Å². The van der Waals surface area contributed by atoms with Gasteiger partial charge in [-0.25, -0.2) is 9.78 Å². The summed E-state index contributed by atoms with van der Waals surface area (Å²) in [4.78, 5) is 52.2. The van der Waals surface area contributed by atoms with E-state index in [0.717, 1.165) is 11.1 Å². The summed E-state index contributed by atoms with van der Waals surface area (Å²) in [6.45, 7) is 10.2. The Kier molecular flexibility index (Phi) is 13.0. The summed E-state index contributed by atoms with van der Waals surface area (Å²) in [7, 11) is 3.15. The molecule has 2 aromatic heterocycles. The SMILES string of the molecule is COc1cc(-c2nccc(-c3cccc(-c4ccc(CN(C(=O)OC(C)(C)C)C5CCN(C(C)=O)CC5)c(OC)n4)c3Cl)c2Cl)ccc1CN1CCC(C(=O)O)C1. The molecule has 1 atom stereocenters.